The van der Waals surface area contributed by atoms with E-state index in [0.717, 1.165) is 25.3 Å². The molecule has 0 saturated heterocycles. The van der Waals surface area contributed by atoms with Crippen LogP contribution in [0, 0.1) is 5.92 Å². The van der Waals surface area contributed by atoms with Gasteiger partial charge in [0.25, 0.3) is 0 Å². The fourth-order valence-electron chi connectivity index (χ4n) is 2.24. The maximum Gasteiger partial charge on any atom is 0.417 e. The summed E-state index contributed by atoms with van der Waals surface area (Å²) in [5.74, 6) is -0.229. The molecule has 0 aliphatic heterocycles. The normalized spacial score (nSPS) is 16.2. The number of hydrogen-bond donors (Lipinski definition) is 1. The van der Waals surface area contributed by atoms with Crippen molar-refractivity contribution in [2.75, 3.05) is 0 Å². The number of Topliss-reactive ketones (excluding diaryl/α,β-unsaturated/α-hetero) is 1. The van der Waals surface area contributed by atoms with Crippen LogP contribution in [0.25, 0.3) is 0 Å². The van der Waals surface area contributed by atoms with Gasteiger partial charge in [-0.3, -0.25) is 4.79 Å². The highest BCUT2D eigenvalue weighted by Gasteiger charge is 2.36. The molecule has 19 heavy (non-hydrogen) atoms. The lowest BCUT2D eigenvalue weighted by Crippen LogP contribution is -2.19. The summed E-state index contributed by atoms with van der Waals surface area (Å²) in [6.07, 6.45) is -1.51. The number of rotatable bonds is 4. The lowest BCUT2D eigenvalue weighted by molar-refractivity contribution is -0.138. The largest absolute Gasteiger partial charge is 0.417 e. The second kappa shape index (κ2) is 5.33. The third kappa shape index (κ3) is 3.15. The molecule has 1 aromatic rings. The second-order valence-corrected chi connectivity index (χ2v) is 4.96. The van der Waals surface area contributed by atoms with Gasteiger partial charge in [-0.2, -0.15) is 13.2 Å². The molecule has 104 valence electrons. The Labute approximate surface area is 109 Å². The summed E-state index contributed by atoms with van der Waals surface area (Å²) in [5, 5.41) is 8.90. The number of aliphatic hydroxyl groups is 1. The maximum absolute atomic E-state index is 12.9. The van der Waals surface area contributed by atoms with Crippen LogP contribution in [0.4, 0.5) is 13.2 Å². The smallest absolute Gasteiger partial charge is 0.392 e. The first kappa shape index (κ1) is 14.1. The van der Waals surface area contributed by atoms with E-state index in [0.29, 0.717) is 0 Å². The van der Waals surface area contributed by atoms with Gasteiger partial charge in [-0.1, -0.05) is 31.4 Å². The Balaban J connectivity index is 2.29. The Hall–Kier alpha value is -1.36. The van der Waals surface area contributed by atoms with Crippen molar-refractivity contribution >= 4 is 5.78 Å². The molecule has 0 aromatic heterocycles. The van der Waals surface area contributed by atoms with Crippen molar-refractivity contribution in [2.24, 2.45) is 5.92 Å². The fraction of sp³-hybridized carbons (Fsp3) is 0.500. The van der Waals surface area contributed by atoms with E-state index in [1.54, 1.807) is 0 Å². The Kier molecular flexibility index (Phi) is 3.94. The van der Waals surface area contributed by atoms with Crippen LogP contribution < -0.4 is 0 Å². The van der Waals surface area contributed by atoms with E-state index in [9.17, 15) is 18.0 Å². The molecule has 0 spiro atoms. The number of ketones is 1. The quantitative estimate of drug-likeness (QED) is 0.851. The van der Waals surface area contributed by atoms with Gasteiger partial charge in [0.05, 0.1) is 12.2 Å². The van der Waals surface area contributed by atoms with Crippen LogP contribution in [0.3, 0.4) is 0 Å². The predicted octanol–water partition coefficient (Wildman–Crippen LogP) is 3.57. The van der Waals surface area contributed by atoms with Crippen LogP contribution in [0.1, 0.15) is 47.2 Å². The minimum absolute atomic E-state index is 0.160. The standard InChI is InChI=1S/C14H15F3O2/c15-14(16,17)12-6-10(8-18)4-5-11(12)13(19)7-9-2-1-3-9/h4-6,9,18H,1-3,7-8H2. The SMILES string of the molecule is O=C(CC1CCC1)c1ccc(CO)cc1C(F)(F)F. The topological polar surface area (TPSA) is 37.3 Å². The van der Waals surface area contributed by atoms with Gasteiger partial charge in [-0.05, 0) is 17.5 Å². The first-order chi connectivity index (χ1) is 8.91. The van der Waals surface area contributed by atoms with E-state index in [1.807, 2.05) is 0 Å². The minimum atomic E-state index is -4.57. The van der Waals surface area contributed by atoms with Gasteiger partial charge in [-0.25, -0.2) is 0 Å². The third-order valence-electron chi connectivity index (χ3n) is 3.57. The zero-order valence-electron chi connectivity index (χ0n) is 10.3. The average Bonchev–Trinajstić information content (AvgIpc) is 2.31. The molecule has 0 bridgehead atoms. The van der Waals surface area contributed by atoms with E-state index >= 15 is 0 Å². The van der Waals surface area contributed by atoms with Crippen LogP contribution in [-0.4, -0.2) is 10.9 Å². The van der Waals surface area contributed by atoms with Crippen LogP contribution in [0.15, 0.2) is 18.2 Å². The molecular formula is C14H15F3O2. The molecule has 0 unspecified atom stereocenters. The Morgan fingerprint density at radius 2 is 2.00 bits per heavy atom. The number of hydrogen-bond acceptors (Lipinski definition) is 2. The number of aliphatic hydroxyl groups excluding tert-OH is 1. The van der Waals surface area contributed by atoms with Crippen molar-refractivity contribution in [1.29, 1.82) is 0 Å². The molecule has 1 aliphatic carbocycles. The molecule has 5 heteroatoms. The molecule has 0 radical (unpaired) electrons. The molecular weight excluding hydrogens is 257 g/mol. The molecule has 1 saturated carbocycles. The third-order valence-corrected chi connectivity index (χ3v) is 3.57. The number of halogens is 3. The van der Waals surface area contributed by atoms with Crippen LogP contribution in [0.2, 0.25) is 0 Å². The van der Waals surface area contributed by atoms with Crippen molar-refractivity contribution in [3.63, 3.8) is 0 Å². The van der Waals surface area contributed by atoms with E-state index in [1.165, 1.54) is 12.1 Å². The highest BCUT2D eigenvalue weighted by Crippen LogP contribution is 2.36. The molecule has 1 fully saturated rings. The zero-order valence-corrected chi connectivity index (χ0v) is 10.3. The Morgan fingerprint density at radius 3 is 2.47 bits per heavy atom. The molecule has 1 aromatic carbocycles. The van der Waals surface area contributed by atoms with Gasteiger partial charge in [-0.15, -0.1) is 0 Å². The first-order valence-corrected chi connectivity index (χ1v) is 6.26. The molecule has 2 rings (SSSR count). The molecule has 1 N–H and O–H groups in total. The lowest BCUT2D eigenvalue weighted by atomic mass is 9.80. The Morgan fingerprint density at radius 1 is 1.32 bits per heavy atom. The summed E-state index contributed by atoms with van der Waals surface area (Å²) in [4.78, 5) is 12.0. The number of benzene rings is 1. The summed E-state index contributed by atoms with van der Waals surface area (Å²) >= 11 is 0. The number of carbonyl (C=O) groups is 1. The average molecular weight is 272 g/mol. The number of carbonyl (C=O) groups excluding carboxylic acids is 1. The van der Waals surface area contributed by atoms with Gasteiger partial charge in [0.2, 0.25) is 0 Å². The van der Waals surface area contributed by atoms with E-state index in [-0.39, 0.29) is 23.5 Å². The van der Waals surface area contributed by atoms with Gasteiger partial charge in [0, 0.05) is 12.0 Å². The van der Waals surface area contributed by atoms with E-state index in [4.69, 9.17) is 5.11 Å². The molecule has 1 aliphatic rings. The highest BCUT2D eigenvalue weighted by atomic mass is 19.4. The van der Waals surface area contributed by atoms with Crippen LogP contribution >= 0.6 is 0 Å². The van der Waals surface area contributed by atoms with E-state index < -0.39 is 24.1 Å². The first-order valence-electron chi connectivity index (χ1n) is 6.26. The highest BCUT2D eigenvalue weighted by molar-refractivity contribution is 5.98. The van der Waals surface area contributed by atoms with Crippen molar-refractivity contribution in [2.45, 2.75) is 38.5 Å². The summed E-state index contributed by atoms with van der Waals surface area (Å²) in [6, 6.07) is 3.40. The van der Waals surface area contributed by atoms with Crippen LogP contribution in [0.5, 0.6) is 0 Å². The van der Waals surface area contributed by atoms with Crippen molar-refractivity contribution < 1.29 is 23.1 Å². The summed E-state index contributed by atoms with van der Waals surface area (Å²) in [7, 11) is 0. The molecule has 0 atom stereocenters. The van der Waals surface area contributed by atoms with Gasteiger partial charge >= 0.3 is 6.18 Å². The molecule has 0 heterocycles. The Bertz CT molecular complexity index is 476. The van der Waals surface area contributed by atoms with Gasteiger partial charge < -0.3 is 5.11 Å². The lowest BCUT2D eigenvalue weighted by Gasteiger charge is -2.25. The van der Waals surface area contributed by atoms with Crippen molar-refractivity contribution in [1.82, 2.24) is 0 Å². The van der Waals surface area contributed by atoms with Crippen molar-refractivity contribution in [3.05, 3.63) is 34.9 Å². The van der Waals surface area contributed by atoms with Gasteiger partial charge in [0.1, 0.15) is 0 Å². The van der Waals surface area contributed by atoms with Crippen molar-refractivity contribution in [3.8, 4) is 0 Å². The monoisotopic (exact) mass is 272 g/mol. The molecule has 0 amide bonds. The second-order valence-electron chi connectivity index (χ2n) is 4.96. The summed E-state index contributed by atoms with van der Waals surface area (Å²) in [5.41, 5.74) is -1.06. The van der Waals surface area contributed by atoms with Crippen LogP contribution in [-0.2, 0) is 12.8 Å². The number of alkyl halides is 3. The van der Waals surface area contributed by atoms with E-state index in [2.05, 4.69) is 0 Å². The zero-order chi connectivity index (χ0) is 14.0. The minimum Gasteiger partial charge on any atom is -0.392 e. The summed E-state index contributed by atoms with van der Waals surface area (Å²) in [6.45, 7) is -0.472. The maximum atomic E-state index is 12.9. The predicted molar refractivity (Wildman–Crippen MR) is 63.7 cm³/mol. The molecule has 2 nitrogen and oxygen atoms in total. The fourth-order valence-corrected chi connectivity index (χ4v) is 2.24. The van der Waals surface area contributed by atoms with Gasteiger partial charge in [0.15, 0.2) is 5.78 Å². The summed E-state index contributed by atoms with van der Waals surface area (Å²) < 4.78 is 38.8.